The van der Waals surface area contributed by atoms with Crippen molar-refractivity contribution in [2.75, 3.05) is 56.3 Å². The van der Waals surface area contributed by atoms with Gasteiger partial charge in [-0.25, -0.2) is 4.98 Å². The second-order valence-electron chi connectivity index (χ2n) is 7.24. The van der Waals surface area contributed by atoms with E-state index < -0.39 is 0 Å². The third kappa shape index (κ3) is 6.23. The Morgan fingerprint density at radius 1 is 1.16 bits per heavy atom. The molecule has 1 aliphatic heterocycles. The molecular formula is C23H27N3O2S3. The highest BCUT2D eigenvalue weighted by atomic mass is 32.2. The van der Waals surface area contributed by atoms with Crippen molar-refractivity contribution in [1.29, 1.82) is 0 Å². The molecule has 0 N–H and O–H groups in total. The smallest absolute Gasteiger partial charge is 0.229 e. The molecule has 3 aromatic rings. The average Bonchev–Trinajstić information content (AvgIpc) is 3.23. The molecule has 0 aliphatic carbocycles. The van der Waals surface area contributed by atoms with Crippen LogP contribution in [0.3, 0.4) is 0 Å². The number of hydrogen-bond donors (Lipinski definition) is 0. The minimum absolute atomic E-state index is 0.140. The summed E-state index contributed by atoms with van der Waals surface area (Å²) in [6.07, 6.45) is 2.57. The number of nitrogens with zero attached hydrogens (tertiary/aromatic N) is 3. The van der Waals surface area contributed by atoms with Crippen LogP contribution in [0.25, 0.3) is 10.2 Å². The topological polar surface area (TPSA) is 45.7 Å². The van der Waals surface area contributed by atoms with Gasteiger partial charge in [0.25, 0.3) is 0 Å². The number of morpholine rings is 1. The van der Waals surface area contributed by atoms with Crippen molar-refractivity contribution in [1.82, 2.24) is 9.88 Å². The minimum atomic E-state index is 0.140. The first-order valence-electron chi connectivity index (χ1n) is 10.5. The van der Waals surface area contributed by atoms with Crippen molar-refractivity contribution >= 4 is 56.1 Å². The molecule has 5 nitrogen and oxygen atoms in total. The number of hydrogen-bond acceptors (Lipinski definition) is 7. The fraction of sp³-hybridized carbons (Fsp3) is 0.391. The molecule has 0 unspecified atom stereocenters. The minimum Gasteiger partial charge on any atom is -0.379 e. The van der Waals surface area contributed by atoms with Gasteiger partial charge in [-0.3, -0.25) is 14.6 Å². The van der Waals surface area contributed by atoms with Crippen LogP contribution in [-0.4, -0.2) is 67.2 Å². The van der Waals surface area contributed by atoms with Crippen LogP contribution >= 0.6 is 34.9 Å². The van der Waals surface area contributed by atoms with Gasteiger partial charge in [-0.2, -0.15) is 0 Å². The lowest BCUT2D eigenvalue weighted by atomic mass is 10.3. The van der Waals surface area contributed by atoms with E-state index in [0.717, 1.165) is 53.9 Å². The predicted molar refractivity (Wildman–Crippen MR) is 133 cm³/mol. The van der Waals surface area contributed by atoms with E-state index in [1.165, 1.54) is 9.79 Å². The van der Waals surface area contributed by atoms with Crippen molar-refractivity contribution in [2.45, 2.75) is 16.2 Å². The van der Waals surface area contributed by atoms with Crippen molar-refractivity contribution in [3.63, 3.8) is 0 Å². The van der Waals surface area contributed by atoms with E-state index in [1.54, 1.807) is 34.9 Å². The van der Waals surface area contributed by atoms with Crippen LogP contribution in [0.15, 0.2) is 58.3 Å². The molecule has 1 aliphatic rings. The van der Waals surface area contributed by atoms with Crippen LogP contribution in [0.5, 0.6) is 0 Å². The van der Waals surface area contributed by atoms with Crippen LogP contribution < -0.4 is 4.90 Å². The van der Waals surface area contributed by atoms with Crippen LogP contribution in [0.4, 0.5) is 5.13 Å². The Morgan fingerprint density at radius 3 is 2.74 bits per heavy atom. The largest absolute Gasteiger partial charge is 0.379 e. The molecule has 1 aromatic heterocycles. The van der Waals surface area contributed by atoms with Gasteiger partial charge in [0.15, 0.2) is 5.13 Å². The number of thioether (sulfide) groups is 2. The number of rotatable bonds is 9. The van der Waals surface area contributed by atoms with Crippen LogP contribution in [0.2, 0.25) is 0 Å². The second-order valence-corrected chi connectivity index (χ2v) is 10.3. The van der Waals surface area contributed by atoms with Crippen molar-refractivity contribution in [3.8, 4) is 0 Å². The van der Waals surface area contributed by atoms with Gasteiger partial charge in [-0.05, 0) is 36.6 Å². The summed E-state index contributed by atoms with van der Waals surface area (Å²) in [5.41, 5.74) is 0.959. The number of ether oxygens (including phenoxy) is 1. The molecule has 1 amide bonds. The monoisotopic (exact) mass is 473 g/mol. The maximum atomic E-state index is 13.2. The van der Waals surface area contributed by atoms with E-state index in [9.17, 15) is 4.79 Å². The highest BCUT2D eigenvalue weighted by molar-refractivity contribution is 7.99. The third-order valence-electron chi connectivity index (χ3n) is 5.19. The van der Waals surface area contributed by atoms with E-state index in [1.807, 2.05) is 23.1 Å². The van der Waals surface area contributed by atoms with Crippen LogP contribution in [-0.2, 0) is 9.53 Å². The van der Waals surface area contributed by atoms with Gasteiger partial charge in [-0.1, -0.05) is 29.5 Å². The molecule has 4 rings (SSSR count). The Kier molecular flexibility index (Phi) is 8.27. The van der Waals surface area contributed by atoms with Crippen molar-refractivity contribution < 1.29 is 9.53 Å². The standard InChI is InChI=1S/C23H27N3O2S3/c1-29-19-7-8-20-21(17-19)31-23(24-20)26(11-10-25-12-14-28-15-13-25)22(27)9-16-30-18-5-3-2-4-6-18/h2-8,17H,9-16H2,1H3. The van der Waals surface area contributed by atoms with E-state index in [4.69, 9.17) is 9.72 Å². The van der Waals surface area contributed by atoms with Crippen LogP contribution in [0, 0.1) is 0 Å². The Morgan fingerprint density at radius 2 is 1.97 bits per heavy atom. The zero-order chi connectivity index (χ0) is 21.5. The normalized spacial score (nSPS) is 14.7. The summed E-state index contributed by atoms with van der Waals surface area (Å²) in [6.45, 7) is 4.86. The lowest BCUT2D eigenvalue weighted by molar-refractivity contribution is -0.118. The van der Waals surface area contributed by atoms with Gasteiger partial charge >= 0.3 is 0 Å². The first-order valence-corrected chi connectivity index (χ1v) is 13.5. The number of carbonyl (C=O) groups is 1. The maximum Gasteiger partial charge on any atom is 0.229 e. The fourth-order valence-corrected chi connectivity index (χ4v) is 5.86. The molecule has 0 radical (unpaired) electrons. The molecule has 0 bridgehead atoms. The highest BCUT2D eigenvalue weighted by Gasteiger charge is 2.21. The summed E-state index contributed by atoms with van der Waals surface area (Å²) < 4.78 is 6.59. The molecule has 2 aromatic carbocycles. The molecule has 1 fully saturated rings. The second kappa shape index (κ2) is 11.3. The Bertz CT molecular complexity index is 990. The number of aromatic nitrogens is 1. The van der Waals surface area contributed by atoms with Crippen LogP contribution in [0.1, 0.15) is 6.42 Å². The highest BCUT2D eigenvalue weighted by Crippen LogP contribution is 2.32. The first-order chi connectivity index (χ1) is 15.2. The summed E-state index contributed by atoms with van der Waals surface area (Å²) in [5.74, 6) is 0.902. The number of benzene rings is 2. The molecule has 1 saturated heterocycles. The summed E-state index contributed by atoms with van der Waals surface area (Å²) in [6, 6.07) is 16.6. The van der Waals surface area contributed by atoms with E-state index in [2.05, 4.69) is 41.5 Å². The molecular weight excluding hydrogens is 446 g/mol. The predicted octanol–water partition coefficient (Wildman–Crippen LogP) is 4.87. The van der Waals surface area contributed by atoms with Gasteiger partial charge in [0.2, 0.25) is 5.91 Å². The van der Waals surface area contributed by atoms with Crippen molar-refractivity contribution in [3.05, 3.63) is 48.5 Å². The summed E-state index contributed by atoms with van der Waals surface area (Å²) >= 11 is 5.06. The van der Waals surface area contributed by atoms with E-state index in [-0.39, 0.29) is 5.91 Å². The van der Waals surface area contributed by atoms with Gasteiger partial charge in [-0.15, -0.1) is 23.5 Å². The van der Waals surface area contributed by atoms with Gasteiger partial charge < -0.3 is 4.74 Å². The number of amides is 1. The fourth-order valence-electron chi connectivity index (χ4n) is 3.44. The number of thiazole rings is 1. The Hall–Kier alpha value is -1.58. The molecule has 31 heavy (non-hydrogen) atoms. The zero-order valence-corrected chi connectivity index (χ0v) is 20.1. The number of anilines is 1. The summed E-state index contributed by atoms with van der Waals surface area (Å²) in [4.78, 5) is 24.7. The van der Waals surface area contributed by atoms with Crippen molar-refractivity contribution in [2.24, 2.45) is 0 Å². The lowest BCUT2D eigenvalue weighted by Crippen LogP contribution is -2.43. The van der Waals surface area contributed by atoms with E-state index in [0.29, 0.717) is 13.0 Å². The summed E-state index contributed by atoms with van der Waals surface area (Å²) in [7, 11) is 0. The molecule has 0 atom stereocenters. The van der Waals surface area contributed by atoms with E-state index >= 15 is 0 Å². The third-order valence-corrected chi connectivity index (χ3v) is 7.97. The molecule has 164 valence electrons. The molecule has 0 saturated carbocycles. The van der Waals surface area contributed by atoms with Gasteiger partial charge in [0, 0.05) is 48.1 Å². The van der Waals surface area contributed by atoms with Gasteiger partial charge in [0.1, 0.15) is 0 Å². The Balaban J connectivity index is 1.46. The maximum absolute atomic E-state index is 13.2. The number of carbonyl (C=O) groups excluding carboxylic acids is 1. The molecule has 8 heteroatoms. The van der Waals surface area contributed by atoms with Gasteiger partial charge in [0.05, 0.1) is 23.4 Å². The Labute approximate surface area is 196 Å². The SMILES string of the molecule is CSc1ccc2nc(N(CCN3CCOCC3)C(=O)CCSc3ccccc3)sc2c1. The summed E-state index contributed by atoms with van der Waals surface area (Å²) in [5, 5.41) is 0.802. The molecule has 0 spiro atoms. The number of fused-ring (bicyclic) bond motifs is 1. The lowest BCUT2D eigenvalue weighted by Gasteiger charge is -2.29. The average molecular weight is 474 g/mol. The zero-order valence-electron chi connectivity index (χ0n) is 17.7. The first kappa shape index (κ1) is 22.6. The molecule has 2 heterocycles. The quantitative estimate of drug-likeness (QED) is 0.413.